The van der Waals surface area contributed by atoms with Crippen molar-refractivity contribution in [1.82, 2.24) is 0 Å². The summed E-state index contributed by atoms with van der Waals surface area (Å²) in [4.78, 5) is 0. The van der Waals surface area contributed by atoms with Crippen LogP contribution in [0.15, 0.2) is 121 Å². The molecular weight excluding hydrogens is 633 g/mol. The molecule has 0 aliphatic heterocycles. The van der Waals surface area contributed by atoms with Crippen molar-refractivity contribution < 1.29 is 10.2 Å². The molecule has 0 aromatic heterocycles. The predicted octanol–water partition coefficient (Wildman–Crippen LogP) is 12.1. The minimum absolute atomic E-state index is 0.0523. The lowest BCUT2D eigenvalue weighted by atomic mass is 9.70. The second-order valence-corrected chi connectivity index (χ2v) is 16.9. The first-order valence-electron chi connectivity index (χ1n) is 18.7. The Bertz CT molecular complexity index is 2370. The standard InChI is InChI=1S/C50H46O2/c1-49(2,3)47-35-25-26-36-44(43(35)39(29-17-9-7-10-18-29)41-33-23-15-13-21-31(33)37(27-51)45(41)47)40(30-19-11-8-12-20-30)42-34-24-16-14-22-32(34)38(28-52)46(42)48(36)50(4,5)6/h7-26,37-38,51-52H,27-28H2,1-6H3/t37-,38+. The molecular formula is C50H46O2. The van der Waals surface area contributed by atoms with Crippen molar-refractivity contribution in [3.05, 3.63) is 155 Å². The Morgan fingerprint density at radius 2 is 0.769 bits per heavy atom. The van der Waals surface area contributed by atoms with Crippen LogP contribution in [0, 0.1) is 0 Å². The molecule has 2 atom stereocenters. The number of aliphatic hydroxyl groups is 2. The molecule has 0 bridgehead atoms. The van der Waals surface area contributed by atoms with E-state index >= 15 is 0 Å². The van der Waals surface area contributed by atoms with E-state index in [0.717, 1.165) is 0 Å². The molecule has 9 rings (SSSR count). The summed E-state index contributed by atoms with van der Waals surface area (Å²) >= 11 is 0. The van der Waals surface area contributed by atoms with Crippen LogP contribution in [0.1, 0.15) is 86.8 Å². The van der Waals surface area contributed by atoms with Gasteiger partial charge in [-0.3, -0.25) is 0 Å². The highest BCUT2D eigenvalue weighted by Crippen LogP contribution is 2.61. The Balaban J connectivity index is 1.66. The number of hydrogen-bond acceptors (Lipinski definition) is 2. The number of fused-ring (bicyclic) bond motifs is 9. The van der Waals surface area contributed by atoms with Crippen LogP contribution < -0.4 is 0 Å². The summed E-state index contributed by atoms with van der Waals surface area (Å²) in [6.07, 6.45) is 0. The molecule has 0 radical (unpaired) electrons. The third kappa shape index (κ3) is 4.57. The van der Waals surface area contributed by atoms with Gasteiger partial charge in [0, 0.05) is 11.8 Å². The van der Waals surface area contributed by atoms with E-state index in [0.29, 0.717) is 0 Å². The first kappa shape index (κ1) is 32.9. The summed E-state index contributed by atoms with van der Waals surface area (Å²) in [5.74, 6) is -0.224. The molecule has 2 aliphatic carbocycles. The Morgan fingerprint density at radius 1 is 0.423 bits per heavy atom. The van der Waals surface area contributed by atoms with Crippen LogP contribution in [0.5, 0.6) is 0 Å². The maximum absolute atomic E-state index is 11.2. The lowest BCUT2D eigenvalue weighted by molar-refractivity contribution is 0.281. The molecule has 2 aliphatic rings. The summed E-state index contributed by atoms with van der Waals surface area (Å²) in [7, 11) is 0. The monoisotopic (exact) mass is 678 g/mol. The minimum atomic E-state index is -0.216. The Hall–Kier alpha value is -5.02. The van der Waals surface area contributed by atoms with Gasteiger partial charge in [-0.15, -0.1) is 0 Å². The highest BCUT2D eigenvalue weighted by Gasteiger charge is 2.41. The van der Waals surface area contributed by atoms with E-state index in [4.69, 9.17) is 0 Å². The number of rotatable bonds is 4. The van der Waals surface area contributed by atoms with Gasteiger partial charge in [0.25, 0.3) is 0 Å². The van der Waals surface area contributed by atoms with Crippen LogP contribution in [0.25, 0.3) is 66.1 Å². The fourth-order valence-corrected chi connectivity index (χ4v) is 10.0. The van der Waals surface area contributed by atoms with Gasteiger partial charge in [0.2, 0.25) is 0 Å². The van der Waals surface area contributed by atoms with Crippen LogP contribution in [0.3, 0.4) is 0 Å². The van der Waals surface area contributed by atoms with Crippen molar-refractivity contribution >= 4 is 21.5 Å². The Kier molecular flexibility index (Phi) is 7.42. The lowest BCUT2D eigenvalue weighted by Crippen LogP contribution is -2.19. The van der Waals surface area contributed by atoms with E-state index in [-0.39, 0.29) is 35.9 Å². The van der Waals surface area contributed by atoms with Crippen molar-refractivity contribution in [2.24, 2.45) is 0 Å². The molecule has 7 aromatic rings. The van der Waals surface area contributed by atoms with E-state index in [1.807, 2.05) is 0 Å². The summed E-state index contributed by atoms with van der Waals surface area (Å²) in [5.41, 5.74) is 16.8. The van der Waals surface area contributed by atoms with Gasteiger partial charge in [0.15, 0.2) is 0 Å². The van der Waals surface area contributed by atoms with Crippen molar-refractivity contribution in [3.8, 4) is 44.5 Å². The van der Waals surface area contributed by atoms with E-state index in [2.05, 4.69) is 163 Å². The molecule has 52 heavy (non-hydrogen) atoms. The summed E-state index contributed by atoms with van der Waals surface area (Å²) < 4.78 is 0. The molecule has 0 saturated heterocycles. The quantitative estimate of drug-likeness (QED) is 0.182. The largest absolute Gasteiger partial charge is 0.395 e. The SMILES string of the molecule is CC(C)(C)c1c2c(c(-c3ccccc3)c3c1ccc1c(C(C)(C)C)c4c(c(-c5ccccc5)c13)-c1ccccc1[C@@H]4CO)-c1ccccc1[C@H]2CO. The minimum Gasteiger partial charge on any atom is -0.395 e. The van der Waals surface area contributed by atoms with Gasteiger partial charge in [0.1, 0.15) is 0 Å². The molecule has 2 nitrogen and oxygen atoms in total. The molecule has 2 heteroatoms. The van der Waals surface area contributed by atoms with Crippen LogP contribution in [-0.2, 0) is 10.8 Å². The van der Waals surface area contributed by atoms with Gasteiger partial charge in [-0.05, 0) is 110 Å². The van der Waals surface area contributed by atoms with E-state index < -0.39 is 0 Å². The van der Waals surface area contributed by atoms with Crippen molar-refractivity contribution in [2.75, 3.05) is 13.2 Å². The van der Waals surface area contributed by atoms with Crippen LogP contribution in [0.4, 0.5) is 0 Å². The summed E-state index contributed by atoms with van der Waals surface area (Å²) in [5, 5.41) is 27.4. The second-order valence-electron chi connectivity index (χ2n) is 16.9. The van der Waals surface area contributed by atoms with Gasteiger partial charge in [-0.1, -0.05) is 163 Å². The zero-order valence-electron chi connectivity index (χ0n) is 31.0. The summed E-state index contributed by atoms with van der Waals surface area (Å²) in [6.45, 7) is 14.1. The average molecular weight is 679 g/mol. The average Bonchev–Trinajstić information content (AvgIpc) is 3.64. The van der Waals surface area contributed by atoms with E-state index in [1.54, 1.807) is 0 Å². The number of aliphatic hydroxyl groups excluding tert-OH is 2. The van der Waals surface area contributed by atoms with Crippen LogP contribution in [0.2, 0.25) is 0 Å². The molecule has 0 fully saturated rings. The molecule has 0 heterocycles. The molecule has 7 aromatic carbocycles. The molecule has 0 spiro atoms. The third-order valence-corrected chi connectivity index (χ3v) is 11.7. The van der Waals surface area contributed by atoms with Gasteiger partial charge in [-0.25, -0.2) is 0 Å². The van der Waals surface area contributed by atoms with Crippen molar-refractivity contribution in [2.45, 2.75) is 64.2 Å². The fraction of sp³-hybridized carbons (Fsp3) is 0.240. The summed E-state index contributed by atoms with van der Waals surface area (Å²) in [6, 6.07) is 44.1. The van der Waals surface area contributed by atoms with Gasteiger partial charge < -0.3 is 10.2 Å². The van der Waals surface area contributed by atoms with E-state index in [9.17, 15) is 10.2 Å². The van der Waals surface area contributed by atoms with Gasteiger partial charge >= 0.3 is 0 Å². The highest BCUT2D eigenvalue weighted by atomic mass is 16.3. The first-order chi connectivity index (χ1) is 25.1. The first-order valence-corrected chi connectivity index (χ1v) is 18.7. The molecule has 0 amide bonds. The Morgan fingerprint density at radius 3 is 1.12 bits per heavy atom. The van der Waals surface area contributed by atoms with Crippen molar-refractivity contribution in [3.63, 3.8) is 0 Å². The van der Waals surface area contributed by atoms with Gasteiger partial charge in [-0.2, -0.15) is 0 Å². The number of hydrogen-bond donors (Lipinski definition) is 2. The lowest BCUT2D eigenvalue weighted by Gasteiger charge is -2.33. The number of benzene rings is 7. The maximum Gasteiger partial charge on any atom is 0.0541 e. The maximum atomic E-state index is 11.2. The highest BCUT2D eigenvalue weighted by molar-refractivity contribution is 6.27. The second kappa shape index (κ2) is 11.7. The molecule has 2 N–H and O–H groups in total. The molecule has 258 valence electrons. The van der Waals surface area contributed by atoms with Crippen LogP contribution in [-0.4, -0.2) is 23.4 Å². The molecule has 0 unspecified atom stereocenters. The van der Waals surface area contributed by atoms with Crippen molar-refractivity contribution in [1.29, 1.82) is 0 Å². The predicted molar refractivity (Wildman–Crippen MR) is 218 cm³/mol. The van der Waals surface area contributed by atoms with Gasteiger partial charge in [0.05, 0.1) is 13.2 Å². The zero-order chi connectivity index (χ0) is 36.1. The normalized spacial score (nSPS) is 16.2. The zero-order valence-corrected chi connectivity index (χ0v) is 31.0. The fourth-order valence-electron chi connectivity index (χ4n) is 10.0. The third-order valence-electron chi connectivity index (χ3n) is 11.7. The smallest absolute Gasteiger partial charge is 0.0541 e. The van der Waals surface area contributed by atoms with E-state index in [1.165, 1.54) is 99.4 Å². The Labute approximate surface area is 307 Å². The topological polar surface area (TPSA) is 40.5 Å². The van der Waals surface area contributed by atoms with Crippen LogP contribution >= 0.6 is 0 Å². The molecule has 0 saturated carbocycles.